The van der Waals surface area contributed by atoms with Crippen LogP contribution in [0, 0.1) is 17.7 Å². The van der Waals surface area contributed by atoms with Gasteiger partial charge in [-0.1, -0.05) is 24.8 Å². The molecule has 3 nitrogen and oxygen atoms in total. The van der Waals surface area contributed by atoms with Gasteiger partial charge in [0.2, 0.25) is 0 Å². The molecule has 1 aromatic rings. The Bertz CT molecular complexity index is 491. The molecule has 0 aromatic heterocycles. The van der Waals surface area contributed by atoms with Crippen molar-refractivity contribution in [2.45, 2.75) is 19.9 Å². The van der Waals surface area contributed by atoms with Gasteiger partial charge in [-0.3, -0.25) is 4.90 Å². The van der Waals surface area contributed by atoms with E-state index in [4.69, 9.17) is 5.11 Å². The Balaban J connectivity index is 2.74. The van der Waals surface area contributed by atoms with Crippen LogP contribution in [0.4, 0.5) is 4.39 Å². The van der Waals surface area contributed by atoms with Gasteiger partial charge in [-0.2, -0.15) is 0 Å². The molecule has 0 aliphatic heterocycles. The smallest absolute Gasteiger partial charge is 0.128 e. The first-order chi connectivity index (χ1) is 10.1. The molecule has 21 heavy (non-hydrogen) atoms. The third kappa shape index (κ3) is 6.72. The summed E-state index contributed by atoms with van der Waals surface area (Å²) in [6.07, 6.45) is 1.05. The summed E-state index contributed by atoms with van der Waals surface area (Å²) in [7, 11) is 4.08. The monoisotopic (exact) mass is 292 g/mol. The molecule has 0 aliphatic rings. The molecule has 0 heterocycles. The molecule has 116 valence electrons. The summed E-state index contributed by atoms with van der Waals surface area (Å²) in [6.45, 7) is 5.37. The van der Waals surface area contributed by atoms with Crippen molar-refractivity contribution in [1.82, 2.24) is 9.80 Å². The topological polar surface area (TPSA) is 26.7 Å². The van der Waals surface area contributed by atoms with Crippen LogP contribution in [0.25, 0.3) is 0 Å². The lowest BCUT2D eigenvalue weighted by atomic mass is 10.1. The standard InChI is InChI=1S/C17H25FN2O/c1-4-9-20(11-10-19(2)3)14-16-8-7-15(6-5-12-21)13-17(16)18/h7-8,13,21H,4,9-12,14H2,1-3H3. The second-order valence-electron chi connectivity index (χ2n) is 5.35. The van der Waals surface area contributed by atoms with Crippen molar-refractivity contribution in [2.24, 2.45) is 0 Å². The molecule has 0 bridgehead atoms. The van der Waals surface area contributed by atoms with Gasteiger partial charge in [0.1, 0.15) is 12.4 Å². The Morgan fingerprint density at radius 3 is 2.52 bits per heavy atom. The fourth-order valence-corrected chi connectivity index (χ4v) is 2.06. The maximum absolute atomic E-state index is 14.1. The lowest BCUT2D eigenvalue weighted by Crippen LogP contribution is -2.32. The summed E-state index contributed by atoms with van der Waals surface area (Å²) in [6, 6.07) is 5.03. The predicted molar refractivity (Wildman–Crippen MR) is 84.5 cm³/mol. The number of benzene rings is 1. The van der Waals surface area contributed by atoms with Crippen LogP contribution in [0.5, 0.6) is 0 Å². The third-order valence-corrected chi connectivity index (χ3v) is 3.16. The Kier molecular flexibility index (Phi) is 7.99. The summed E-state index contributed by atoms with van der Waals surface area (Å²) in [5.41, 5.74) is 1.29. The zero-order valence-electron chi connectivity index (χ0n) is 13.2. The average molecular weight is 292 g/mol. The minimum Gasteiger partial charge on any atom is -0.384 e. The van der Waals surface area contributed by atoms with E-state index in [0.717, 1.165) is 26.1 Å². The van der Waals surface area contributed by atoms with Gasteiger partial charge in [-0.05, 0) is 39.2 Å². The molecule has 0 unspecified atom stereocenters. The Morgan fingerprint density at radius 1 is 1.19 bits per heavy atom. The highest BCUT2D eigenvalue weighted by atomic mass is 19.1. The normalized spacial score (nSPS) is 10.8. The van der Waals surface area contributed by atoms with Crippen LogP contribution < -0.4 is 0 Å². The van der Waals surface area contributed by atoms with E-state index < -0.39 is 0 Å². The second kappa shape index (κ2) is 9.51. The Morgan fingerprint density at radius 2 is 1.95 bits per heavy atom. The fourth-order valence-electron chi connectivity index (χ4n) is 2.06. The summed E-state index contributed by atoms with van der Waals surface area (Å²) >= 11 is 0. The van der Waals surface area contributed by atoms with Crippen molar-refractivity contribution in [1.29, 1.82) is 0 Å². The predicted octanol–water partition coefficient (Wildman–Crippen LogP) is 1.94. The van der Waals surface area contributed by atoms with Gasteiger partial charge in [0, 0.05) is 30.8 Å². The molecule has 0 aliphatic carbocycles. The molecule has 1 N–H and O–H groups in total. The van der Waals surface area contributed by atoms with Gasteiger partial charge in [0.15, 0.2) is 0 Å². The number of aliphatic hydroxyl groups excluding tert-OH is 1. The molecule has 1 aromatic carbocycles. The van der Waals surface area contributed by atoms with E-state index >= 15 is 0 Å². The summed E-state index contributed by atoms with van der Waals surface area (Å²) < 4.78 is 14.1. The van der Waals surface area contributed by atoms with Crippen molar-refractivity contribution >= 4 is 0 Å². The van der Waals surface area contributed by atoms with Gasteiger partial charge in [0.25, 0.3) is 0 Å². The first kappa shape index (κ1) is 17.6. The van der Waals surface area contributed by atoms with Crippen LogP contribution >= 0.6 is 0 Å². The lowest BCUT2D eigenvalue weighted by molar-refractivity contribution is 0.231. The van der Waals surface area contributed by atoms with Gasteiger partial charge in [-0.25, -0.2) is 4.39 Å². The summed E-state index contributed by atoms with van der Waals surface area (Å²) in [5, 5.41) is 8.66. The first-order valence-corrected chi connectivity index (χ1v) is 7.32. The quantitative estimate of drug-likeness (QED) is 0.778. The molecular weight excluding hydrogens is 267 g/mol. The molecule has 0 amide bonds. The number of nitrogens with zero attached hydrogens (tertiary/aromatic N) is 2. The average Bonchev–Trinajstić information content (AvgIpc) is 2.45. The van der Waals surface area contributed by atoms with Crippen LogP contribution in [-0.4, -0.2) is 55.2 Å². The summed E-state index contributed by atoms with van der Waals surface area (Å²) in [4.78, 5) is 4.39. The molecule has 0 atom stereocenters. The zero-order valence-corrected chi connectivity index (χ0v) is 13.2. The molecule has 0 spiro atoms. The number of aliphatic hydroxyl groups is 1. The highest BCUT2D eigenvalue weighted by molar-refractivity contribution is 5.37. The Labute approximate surface area is 127 Å². The van der Waals surface area contributed by atoms with Crippen LogP contribution in [0.15, 0.2) is 18.2 Å². The van der Waals surface area contributed by atoms with E-state index in [1.807, 2.05) is 14.1 Å². The molecule has 0 saturated carbocycles. The van der Waals surface area contributed by atoms with Gasteiger partial charge >= 0.3 is 0 Å². The van der Waals surface area contributed by atoms with E-state index in [9.17, 15) is 4.39 Å². The van der Waals surface area contributed by atoms with Crippen LogP contribution in [0.2, 0.25) is 0 Å². The maximum Gasteiger partial charge on any atom is 0.128 e. The number of hydrogen-bond acceptors (Lipinski definition) is 3. The van der Waals surface area contributed by atoms with Crippen molar-refractivity contribution in [3.05, 3.63) is 35.1 Å². The lowest BCUT2D eigenvalue weighted by Gasteiger charge is -2.23. The molecule has 0 fully saturated rings. The molecule has 0 saturated heterocycles. The van der Waals surface area contributed by atoms with Crippen LogP contribution in [-0.2, 0) is 6.54 Å². The van der Waals surface area contributed by atoms with Crippen molar-refractivity contribution < 1.29 is 9.50 Å². The van der Waals surface area contributed by atoms with Crippen LogP contribution in [0.3, 0.4) is 0 Å². The van der Waals surface area contributed by atoms with Gasteiger partial charge < -0.3 is 10.0 Å². The fraction of sp³-hybridized carbons (Fsp3) is 0.529. The SMILES string of the molecule is CCCN(CCN(C)C)Cc1ccc(C#CCO)cc1F. The first-order valence-electron chi connectivity index (χ1n) is 7.32. The Hall–Kier alpha value is -1.41. The highest BCUT2D eigenvalue weighted by Gasteiger charge is 2.09. The third-order valence-electron chi connectivity index (χ3n) is 3.16. The maximum atomic E-state index is 14.1. The second-order valence-corrected chi connectivity index (χ2v) is 5.35. The number of rotatable bonds is 7. The van der Waals surface area contributed by atoms with E-state index in [0.29, 0.717) is 17.7 Å². The van der Waals surface area contributed by atoms with Crippen molar-refractivity contribution in [2.75, 3.05) is 40.3 Å². The largest absolute Gasteiger partial charge is 0.384 e. The van der Waals surface area contributed by atoms with Crippen molar-refractivity contribution in [3.63, 3.8) is 0 Å². The van der Waals surface area contributed by atoms with Crippen LogP contribution in [0.1, 0.15) is 24.5 Å². The highest BCUT2D eigenvalue weighted by Crippen LogP contribution is 2.13. The van der Waals surface area contributed by atoms with Gasteiger partial charge in [0.05, 0.1) is 0 Å². The van der Waals surface area contributed by atoms with E-state index in [-0.39, 0.29) is 12.4 Å². The van der Waals surface area contributed by atoms with E-state index in [2.05, 4.69) is 28.6 Å². The minimum atomic E-state index is -0.231. The van der Waals surface area contributed by atoms with E-state index in [1.165, 1.54) is 6.07 Å². The zero-order chi connectivity index (χ0) is 15.7. The molecule has 4 heteroatoms. The molecule has 0 radical (unpaired) electrons. The number of halogens is 1. The van der Waals surface area contributed by atoms with Crippen molar-refractivity contribution in [3.8, 4) is 11.8 Å². The number of hydrogen-bond donors (Lipinski definition) is 1. The van der Waals surface area contributed by atoms with Gasteiger partial charge in [-0.15, -0.1) is 0 Å². The number of likely N-dealkylation sites (N-methyl/N-ethyl adjacent to an activating group) is 1. The van der Waals surface area contributed by atoms with E-state index in [1.54, 1.807) is 12.1 Å². The molecular formula is C17H25FN2O. The summed E-state index contributed by atoms with van der Waals surface area (Å²) in [5.74, 6) is 5.02. The molecule has 1 rings (SSSR count). The minimum absolute atomic E-state index is 0.210.